The molecule has 2 heterocycles. The van der Waals surface area contributed by atoms with E-state index in [4.69, 9.17) is 4.74 Å². The lowest BCUT2D eigenvalue weighted by Crippen LogP contribution is -2.10. The number of pyridine rings is 1. The normalized spacial score (nSPS) is 10.6. The number of rotatable bonds is 5. The van der Waals surface area contributed by atoms with Gasteiger partial charge in [0.1, 0.15) is 0 Å². The van der Waals surface area contributed by atoms with Crippen molar-refractivity contribution in [1.82, 2.24) is 4.98 Å². The lowest BCUT2D eigenvalue weighted by Gasteiger charge is -2.09. The van der Waals surface area contributed by atoms with E-state index in [1.54, 1.807) is 11.3 Å². The number of esters is 1. The van der Waals surface area contributed by atoms with Crippen LogP contribution in [0.2, 0.25) is 0 Å². The van der Waals surface area contributed by atoms with Crippen molar-refractivity contribution in [1.29, 1.82) is 0 Å². The number of ether oxygens (including phenoxy) is 1. The summed E-state index contributed by atoms with van der Waals surface area (Å²) in [7, 11) is 0. The zero-order chi connectivity index (χ0) is 14.5. The van der Waals surface area contributed by atoms with Crippen LogP contribution in [0.5, 0.6) is 0 Å². The fourth-order valence-electron chi connectivity index (χ4n) is 1.91. The van der Waals surface area contributed by atoms with E-state index in [2.05, 4.69) is 27.8 Å². The Hall–Kier alpha value is -1.20. The van der Waals surface area contributed by atoms with Gasteiger partial charge in [-0.15, -0.1) is 11.3 Å². The quantitative estimate of drug-likeness (QED) is 0.731. The van der Waals surface area contributed by atoms with Crippen LogP contribution in [0.1, 0.15) is 36.3 Å². The molecular formula is C15H16BrNO2S. The van der Waals surface area contributed by atoms with Crippen LogP contribution < -0.4 is 0 Å². The van der Waals surface area contributed by atoms with Gasteiger partial charge in [0, 0.05) is 9.85 Å². The highest BCUT2D eigenvalue weighted by Gasteiger charge is 2.15. The number of aromatic nitrogens is 1. The topological polar surface area (TPSA) is 39.2 Å². The first-order valence-corrected chi connectivity index (χ1v) is 8.24. The minimum atomic E-state index is -0.289. The number of aryl methyl sites for hydroxylation is 1. The fourth-order valence-corrected chi connectivity index (χ4v) is 3.31. The average Bonchev–Trinajstić information content (AvgIpc) is 2.86. The van der Waals surface area contributed by atoms with Crippen LogP contribution in [0.4, 0.5) is 0 Å². The Balaban J connectivity index is 2.39. The summed E-state index contributed by atoms with van der Waals surface area (Å²) < 4.78 is 6.13. The van der Waals surface area contributed by atoms with Crippen LogP contribution in [0.3, 0.4) is 0 Å². The van der Waals surface area contributed by atoms with E-state index in [0.29, 0.717) is 12.2 Å². The molecule has 106 valence electrons. The summed E-state index contributed by atoms with van der Waals surface area (Å²) in [5.41, 5.74) is 2.29. The predicted octanol–water partition coefficient (Wildman–Crippen LogP) is 4.70. The van der Waals surface area contributed by atoms with Gasteiger partial charge < -0.3 is 4.74 Å². The second-order valence-corrected chi connectivity index (χ2v) is 6.12. The first-order chi connectivity index (χ1) is 9.65. The summed E-state index contributed by atoms with van der Waals surface area (Å²) >= 11 is 5.07. The second kappa shape index (κ2) is 6.99. The first-order valence-electron chi connectivity index (χ1n) is 6.57. The molecule has 20 heavy (non-hydrogen) atoms. The van der Waals surface area contributed by atoms with Crippen molar-refractivity contribution in [2.24, 2.45) is 0 Å². The van der Waals surface area contributed by atoms with Gasteiger partial charge in [0.05, 0.1) is 28.4 Å². The standard InChI is InChI=1S/C15H16BrNO2S/c1-3-5-12-11(15(18)19-4-2)6-7-13(17-12)14-8-10(16)9-20-14/h6-9H,3-5H2,1-2H3. The maximum Gasteiger partial charge on any atom is 0.339 e. The molecule has 0 aromatic carbocycles. The van der Waals surface area contributed by atoms with E-state index in [-0.39, 0.29) is 5.97 Å². The molecule has 0 radical (unpaired) electrons. The zero-order valence-corrected chi connectivity index (χ0v) is 13.9. The fraction of sp³-hybridized carbons (Fsp3) is 0.333. The van der Waals surface area contributed by atoms with Crippen LogP contribution in [0, 0.1) is 0 Å². The summed E-state index contributed by atoms with van der Waals surface area (Å²) in [6.07, 6.45) is 1.71. The van der Waals surface area contributed by atoms with Crippen molar-refractivity contribution >= 4 is 33.2 Å². The van der Waals surface area contributed by atoms with E-state index < -0.39 is 0 Å². The summed E-state index contributed by atoms with van der Waals surface area (Å²) in [5, 5.41) is 2.02. The highest BCUT2D eigenvalue weighted by atomic mass is 79.9. The Morgan fingerprint density at radius 3 is 2.80 bits per heavy atom. The van der Waals surface area contributed by atoms with Gasteiger partial charge in [-0.1, -0.05) is 13.3 Å². The van der Waals surface area contributed by atoms with E-state index >= 15 is 0 Å². The summed E-state index contributed by atoms with van der Waals surface area (Å²) in [6, 6.07) is 5.73. The summed E-state index contributed by atoms with van der Waals surface area (Å²) in [4.78, 5) is 17.7. The molecular weight excluding hydrogens is 338 g/mol. The van der Waals surface area contributed by atoms with Gasteiger partial charge >= 0.3 is 5.97 Å². The molecule has 0 saturated carbocycles. The Morgan fingerprint density at radius 1 is 1.40 bits per heavy atom. The molecule has 0 unspecified atom stereocenters. The van der Waals surface area contributed by atoms with Crippen LogP contribution in [0.25, 0.3) is 10.6 Å². The number of nitrogens with zero attached hydrogens (tertiary/aromatic N) is 1. The number of thiophene rings is 1. The number of carbonyl (C=O) groups excluding carboxylic acids is 1. The molecule has 0 aliphatic rings. The molecule has 0 bridgehead atoms. The van der Waals surface area contributed by atoms with E-state index in [0.717, 1.165) is 33.6 Å². The molecule has 2 aromatic heterocycles. The lowest BCUT2D eigenvalue weighted by atomic mass is 10.1. The summed E-state index contributed by atoms with van der Waals surface area (Å²) in [6.45, 7) is 4.26. The van der Waals surface area contributed by atoms with Gasteiger partial charge in [0.15, 0.2) is 0 Å². The third-order valence-electron chi connectivity index (χ3n) is 2.78. The van der Waals surface area contributed by atoms with Gasteiger partial charge in [-0.25, -0.2) is 4.79 Å². The van der Waals surface area contributed by atoms with E-state index in [1.807, 2.05) is 30.5 Å². The molecule has 0 fully saturated rings. The highest BCUT2D eigenvalue weighted by Crippen LogP contribution is 2.29. The second-order valence-electron chi connectivity index (χ2n) is 4.29. The van der Waals surface area contributed by atoms with Gasteiger partial charge in [0.25, 0.3) is 0 Å². The first kappa shape index (κ1) is 15.2. The third-order valence-corrected chi connectivity index (χ3v) is 4.49. The van der Waals surface area contributed by atoms with Crippen LogP contribution in [-0.2, 0) is 11.2 Å². The molecule has 0 N–H and O–H groups in total. The van der Waals surface area contributed by atoms with E-state index in [1.165, 1.54) is 0 Å². The molecule has 3 nitrogen and oxygen atoms in total. The molecule has 2 aromatic rings. The van der Waals surface area contributed by atoms with Crippen molar-refractivity contribution < 1.29 is 9.53 Å². The Bertz CT molecular complexity index is 610. The Labute approximate surface area is 131 Å². The lowest BCUT2D eigenvalue weighted by molar-refractivity contribution is 0.0524. The van der Waals surface area contributed by atoms with E-state index in [9.17, 15) is 4.79 Å². The van der Waals surface area contributed by atoms with Crippen LogP contribution in [-0.4, -0.2) is 17.6 Å². The molecule has 0 aliphatic carbocycles. The van der Waals surface area contributed by atoms with Crippen molar-refractivity contribution in [3.8, 4) is 10.6 Å². The van der Waals surface area contributed by atoms with Gasteiger partial charge in [-0.3, -0.25) is 4.98 Å². The SMILES string of the molecule is CCCc1nc(-c2cc(Br)cs2)ccc1C(=O)OCC. The molecule has 0 aliphatic heterocycles. The Kier molecular flexibility index (Phi) is 5.31. The van der Waals surface area contributed by atoms with Gasteiger partial charge in [-0.2, -0.15) is 0 Å². The van der Waals surface area contributed by atoms with Crippen molar-refractivity contribution in [3.63, 3.8) is 0 Å². The minimum absolute atomic E-state index is 0.289. The highest BCUT2D eigenvalue weighted by molar-refractivity contribution is 9.10. The molecule has 0 spiro atoms. The number of halogens is 1. The molecule has 0 amide bonds. The molecule has 0 atom stereocenters. The molecule has 2 rings (SSSR count). The minimum Gasteiger partial charge on any atom is -0.462 e. The van der Waals surface area contributed by atoms with Gasteiger partial charge in [0.2, 0.25) is 0 Å². The predicted molar refractivity (Wildman–Crippen MR) is 85.2 cm³/mol. The number of hydrogen-bond acceptors (Lipinski definition) is 4. The maximum absolute atomic E-state index is 11.9. The number of carbonyl (C=O) groups is 1. The average molecular weight is 354 g/mol. The largest absolute Gasteiger partial charge is 0.462 e. The zero-order valence-electron chi connectivity index (χ0n) is 11.5. The van der Waals surface area contributed by atoms with Gasteiger partial charge in [-0.05, 0) is 47.5 Å². The van der Waals surface area contributed by atoms with Crippen molar-refractivity contribution in [2.75, 3.05) is 6.61 Å². The monoisotopic (exact) mass is 353 g/mol. The van der Waals surface area contributed by atoms with Crippen LogP contribution in [0.15, 0.2) is 28.1 Å². The van der Waals surface area contributed by atoms with Crippen molar-refractivity contribution in [2.45, 2.75) is 26.7 Å². The van der Waals surface area contributed by atoms with Crippen molar-refractivity contribution in [3.05, 3.63) is 39.3 Å². The summed E-state index contributed by atoms with van der Waals surface area (Å²) in [5.74, 6) is -0.289. The molecule has 5 heteroatoms. The smallest absolute Gasteiger partial charge is 0.339 e. The maximum atomic E-state index is 11.9. The van der Waals surface area contributed by atoms with Crippen LogP contribution >= 0.6 is 27.3 Å². The Morgan fingerprint density at radius 2 is 2.20 bits per heavy atom. The number of hydrogen-bond donors (Lipinski definition) is 0. The molecule has 0 saturated heterocycles. The third kappa shape index (κ3) is 3.46.